The van der Waals surface area contributed by atoms with Crippen LogP contribution in [0.25, 0.3) is 11.0 Å². The lowest BCUT2D eigenvalue weighted by Crippen LogP contribution is -2.44. The number of fused-ring (bicyclic) bond motifs is 1. The SMILES string of the molecule is CCCc1cc(=O)oc2c(C)c(OC(=O)C(CC)NC(=O)OC(C)(C)C)ccc12. The summed E-state index contributed by atoms with van der Waals surface area (Å²) in [6.07, 6.45) is 1.29. The summed E-state index contributed by atoms with van der Waals surface area (Å²) >= 11 is 0. The van der Waals surface area contributed by atoms with E-state index in [1.807, 2.05) is 6.92 Å². The van der Waals surface area contributed by atoms with Gasteiger partial charge in [0.05, 0.1) is 0 Å². The van der Waals surface area contributed by atoms with Crippen molar-refractivity contribution in [3.63, 3.8) is 0 Å². The van der Waals surface area contributed by atoms with E-state index in [1.54, 1.807) is 46.8 Å². The van der Waals surface area contributed by atoms with E-state index >= 15 is 0 Å². The zero-order valence-electron chi connectivity index (χ0n) is 17.9. The van der Waals surface area contributed by atoms with E-state index in [1.165, 1.54) is 6.07 Å². The topological polar surface area (TPSA) is 94.8 Å². The standard InChI is InChI=1S/C22H29NO6/c1-7-9-14-12-18(24)28-19-13(3)17(11-10-15(14)19)27-20(25)16(8-2)23-21(26)29-22(4,5)6/h10-12,16H,7-9H2,1-6H3,(H,23,26). The number of nitrogens with one attached hydrogen (secondary N) is 1. The molecule has 0 aliphatic carbocycles. The molecular formula is C22H29NO6. The maximum Gasteiger partial charge on any atom is 0.408 e. The lowest BCUT2D eigenvalue weighted by molar-refractivity contribution is -0.136. The first-order valence-corrected chi connectivity index (χ1v) is 9.83. The number of alkyl carbamates (subject to hydrolysis) is 1. The molecule has 29 heavy (non-hydrogen) atoms. The Morgan fingerprint density at radius 1 is 1.21 bits per heavy atom. The zero-order valence-corrected chi connectivity index (χ0v) is 17.9. The van der Waals surface area contributed by atoms with Crippen LogP contribution in [0, 0.1) is 6.92 Å². The molecule has 2 aromatic rings. The van der Waals surface area contributed by atoms with Gasteiger partial charge in [-0.1, -0.05) is 20.3 Å². The molecule has 0 bridgehead atoms. The summed E-state index contributed by atoms with van der Waals surface area (Å²) in [5, 5.41) is 3.35. The van der Waals surface area contributed by atoms with Gasteiger partial charge in [0.25, 0.3) is 0 Å². The monoisotopic (exact) mass is 403 g/mol. The van der Waals surface area contributed by atoms with Crippen LogP contribution in [0.1, 0.15) is 58.6 Å². The van der Waals surface area contributed by atoms with Crippen molar-refractivity contribution in [2.75, 3.05) is 0 Å². The highest BCUT2D eigenvalue weighted by molar-refractivity contribution is 5.87. The molecule has 0 spiro atoms. The molecule has 7 heteroatoms. The van der Waals surface area contributed by atoms with Crippen molar-refractivity contribution in [3.05, 3.63) is 39.7 Å². The van der Waals surface area contributed by atoms with Crippen LogP contribution in [-0.2, 0) is 16.0 Å². The number of carbonyl (C=O) groups is 2. The fourth-order valence-corrected chi connectivity index (χ4v) is 2.95. The molecule has 1 atom stereocenters. The highest BCUT2D eigenvalue weighted by atomic mass is 16.6. The Morgan fingerprint density at radius 2 is 1.90 bits per heavy atom. The molecule has 0 saturated heterocycles. The van der Waals surface area contributed by atoms with Crippen LogP contribution in [0.4, 0.5) is 4.79 Å². The summed E-state index contributed by atoms with van der Waals surface area (Å²) in [6.45, 7) is 10.7. The van der Waals surface area contributed by atoms with Gasteiger partial charge < -0.3 is 19.2 Å². The Kier molecular flexibility index (Phi) is 7.06. The lowest BCUT2D eigenvalue weighted by Gasteiger charge is -2.22. The third kappa shape index (κ3) is 5.82. The van der Waals surface area contributed by atoms with E-state index in [0.29, 0.717) is 17.6 Å². The third-order valence-electron chi connectivity index (χ3n) is 4.31. The molecule has 7 nitrogen and oxygen atoms in total. The zero-order chi connectivity index (χ0) is 21.8. The van der Waals surface area contributed by atoms with Gasteiger partial charge in [0.15, 0.2) is 0 Å². The van der Waals surface area contributed by atoms with Gasteiger partial charge in [-0.3, -0.25) is 0 Å². The Balaban J connectivity index is 2.26. The number of ether oxygens (including phenoxy) is 2. The molecule has 0 radical (unpaired) electrons. The summed E-state index contributed by atoms with van der Waals surface area (Å²) in [7, 11) is 0. The predicted molar refractivity (Wildman–Crippen MR) is 110 cm³/mol. The molecule has 1 aromatic carbocycles. The molecule has 0 aliphatic heterocycles. The lowest BCUT2D eigenvalue weighted by atomic mass is 10.0. The minimum absolute atomic E-state index is 0.281. The molecule has 2 rings (SSSR count). The van der Waals surface area contributed by atoms with Crippen molar-refractivity contribution in [2.45, 2.75) is 72.4 Å². The van der Waals surface area contributed by atoms with Crippen LogP contribution in [0.3, 0.4) is 0 Å². The van der Waals surface area contributed by atoms with E-state index in [9.17, 15) is 14.4 Å². The Labute approximate surface area is 170 Å². The predicted octanol–water partition coefficient (Wildman–Crippen LogP) is 4.26. The Bertz CT molecular complexity index is 954. The number of benzene rings is 1. The van der Waals surface area contributed by atoms with Crippen molar-refractivity contribution in [2.24, 2.45) is 0 Å². The van der Waals surface area contributed by atoms with Gasteiger partial charge in [-0.05, 0) is 58.2 Å². The smallest absolute Gasteiger partial charge is 0.408 e. The van der Waals surface area contributed by atoms with Crippen molar-refractivity contribution in [3.8, 4) is 5.75 Å². The van der Waals surface area contributed by atoms with Crippen LogP contribution >= 0.6 is 0 Å². The Hall–Kier alpha value is -2.83. The first-order valence-electron chi connectivity index (χ1n) is 9.83. The number of esters is 1. The van der Waals surface area contributed by atoms with Gasteiger partial charge in [-0.15, -0.1) is 0 Å². The van der Waals surface area contributed by atoms with Gasteiger partial charge in [-0.25, -0.2) is 14.4 Å². The first-order chi connectivity index (χ1) is 13.6. The molecule has 0 fully saturated rings. The quantitative estimate of drug-likeness (QED) is 0.440. The molecule has 1 unspecified atom stereocenters. The molecule has 1 N–H and O–H groups in total. The Morgan fingerprint density at radius 3 is 2.48 bits per heavy atom. The summed E-state index contributed by atoms with van der Waals surface area (Å²) in [5.41, 5.74) is 0.746. The van der Waals surface area contributed by atoms with Gasteiger partial charge >= 0.3 is 17.7 Å². The molecule has 0 aliphatic rings. The van der Waals surface area contributed by atoms with Crippen molar-refractivity contribution < 1.29 is 23.5 Å². The third-order valence-corrected chi connectivity index (χ3v) is 4.31. The maximum atomic E-state index is 12.6. The summed E-state index contributed by atoms with van der Waals surface area (Å²) in [4.78, 5) is 36.5. The molecule has 158 valence electrons. The van der Waals surface area contributed by atoms with Crippen LogP contribution < -0.4 is 15.7 Å². The van der Waals surface area contributed by atoms with E-state index in [2.05, 4.69) is 5.32 Å². The van der Waals surface area contributed by atoms with Crippen LogP contribution in [0.5, 0.6) is 5.75 Å². The summed E-state index contributed by atoms with van der Waals surface area (Å²) < 4.78 is 16.1. The fraction of sp³-hybridized carbons (Fsp3) is 0.500. The summed E-state index contributed by atoms with van der Waals surface area (Å²) in [5.74, 6) is -0.336. The average Bonchev–Trinajstić information content (AvgIpc) is 2.61. The van der Waals surface area contributed by atoms with Crippen molar-refractivity contribution in [1.29, 1.82) is 0 Å². The number of aryl methyl sites for hydroxylation is 2. The van der Waals surface area contributed by atoms with E-state index in [0.717, 1.165) is 23.8 Å². The minimum Gasteiger partial charge on any atom is -0.444 e. The summed E-state index contributed by atoms with van der Waals surface area (Å²) in [6, 6.07) is 4.09. The van der Waals surface area contributed by atoms with E-state index in [4.69, 9.17) is 13.9 Å². The van der Waals surface area contributed by atoms with Gasteiger partial charge in [-0.2, -0.15) is 0 Å². The fourth-order valence-electron chi connectivity index (χ4n) is 2.95. The molecular weight excluding hydrogens is 374 g/mol. The number of rotatable bonds is 6. The van der Waals surface area contributed by atoms with Gasteiger partial charge in [0, 0.05) is 17.0 Å². The number of hydrogen-bond donors (Lipinski definition) is 1. The van der Waals surface area contributed by atoms with Crippen molar-refractivity contribution in [1.82, 2.24) is 5.32 Å². The number of amides is 1. The van der Waals surface area contributed by atoms with Gasteiger partial charge in [0.1, 0.15) is 23.0 Å². The minimum atomic E-state index is -0.863. The molecule has 0 saturated carbocycles. The first kappa shape index (κ1) is 22.5. The number of carbonyl (C=O) groups excluding carboxylic acids is 2. The molecule has 1 amide bonds. The second kappa shape index (κ2) is 9.11. The number of hydrogen-bond acceptors (Lipinski definition) is 6. The van der Waals surface area contributed by atoms with E-state index < -0.39 is 29.3 Å². The highest BCUT2D eigenvalue weighted by Gasteiger charge is 2.25. The maximum absolute atomic E-state index is 12.6. The van der Waals surface area contributed by atoms with E-state index in [-0.39, 0.29) is 5.75 Å². The second-order valence-electron chi connectivity index (χ2n) is 7.93. The van der Waals surface area contributed by atoms with Crippen molar-refractivity contribution >= 4 is 23.0 Å². The highest BCUT2D eigenvalue weighted by Crippen LogP contribution is 2.29. The van der Waals surface area contributed by atoms with Crippen LogP contribution in [0.2, 0.25) is 0 Å². The van der Waals surface area contributed by atoms with Crippen LogP contribution in [0.15, 0.2) is 27.4 Å². The molecule has 1 heterocycles. The largest absolute Gasteiger partial charge is 0.444 e. The van der Waals surface area contributed by atoms with Crippen LogP contribution in [-0.4, -0.2) is 23.7 Å². The second-order valence-corrected chi connectivity index (χ2v) is 7.93. The molecule has 1 aromatic heterocycles. The normalized spacial score (nSPS) is 12.5. The average molecular weight is 403 g/mol. The van der Waals surface area contributed by atoms with Gasteiger partial charge in [0.2, 0.25) is 0 Å².